The number of nitrogens with zero attached hydrogens (tertiary/aromatic N) is 2. The van der Waals surface area contributed by atoms with E-state index in [-0.39, 0.29) is 37.0 Å². The van der Waals surface area contributed by atoms with Crippen LogP contribution < -0.4 is 4.90 Å². The van der Waals surface area contributed by atoms with Crippen molar-refractivity contribution in [2.24, 2.45) is 23.7 Å². The van der Waals surface area contributed by atoms with E-state index in [4.69, 9.17) is 11.6 Å². The van der Waals surface area contributed by atoms with E-state index in [0.29, 0.717) is 33.8 Å². The van der Waals surface area contributed by atoms with E-state index in [1.807, 2.05) is 12.1 Å². The summed E-state index contributed by atoms with van der Waals surface area (Å²) in [6.45, 7) is 0.154. The molecule has 50 heavy (non-hydrogen) atoms. The average Bonchev–Trinajstić information content (AvgIpc) is 3.50. The summed E-state index contributed by atoms with van der Waals surface area (Å²) in [6, 6.07) is 26.1. The molecule has 4 aliphatic rings. The van der Waals surface area contributed by atoms with Crippen LogP contribution in [0.3, 0.4) is 0 Å². The molecular weight excluding hydrogens is 659 g/mol. The number of aromatic hydroxyl groups is 2. The lowest BCUT2D eigenvalue weighted by Crippen LogP contribution is -2.53. The quantitative estimate of drug-likeness (QED) is 0.181. The highest BCUT2D eigenvalue weighted by atomic mass is 35.5. The molecule has 1 saturated carbocycles. The number of fused-ring (bicyclic) bond motifs is 4. The Morgan fingerprint density at radius 1 is 0.820 bits per heavy atom. The Morgan fingerprint density at radius 3 is 2.30 bits per heavy atom. The van der Waals surface area contributed by atoms with Crippen LogP contribution in [0.25, 0.3) is 0 Å². The molecule has 0 spiro atoms. The summed E-state index contributed by atoms with van der Waals surface area (Å²) in [7, 11) is 0. The Balaban J connectivity index is 1.28. The molecule has 0 bridgehead atoms. The van der Waals surface area contributed by atoms with Crippen molar-refractivity contribution in [1.29, 1.82) is 0 Å². The molecule has 6 atom stereocenters. The summed E-state index contributed by atoms with van der Waals surface area (Å²) in [6.07, 6.45) is 2.67. The molecule has 2 N–H and O–H groups in total. The minimum Gasteiger partial charge on any atom is -0.508 e. The molecule has 8 rings (SSSR count). The Morgan fingerprint density at radius 2 is 1.58 bits per heavy atom. The van der Waals surface area contributed by atoms with Gasteiger partial charge >= 0.3 is 0 Å². The predicted octanol–water partition coefficient (Wildman–Crippen LogP) is 6.30. The summed E-state index contributed by atoms with van der Waals surface area (Å²) >= 11 is 6.35. The molecule has 2 heterocycles. The normalized spacial score (nSPS) is 27.2. The summed E-state index contributed by atoms with van der Waals surface area (Å²) < 4.78 is 15.2. The largest absolute Gasteiger partial charge is 0.508 e. The Bertz CT molecular complexity index is 2100. The Labute approximate surface area is 292 Å². The topological polar surface area (TPSA) is 115 Å². The number of carbonyl (C=O) groups is 4. The van der Waals surface area contributed by atoms with Crippen molar-refractivity contribution >= 4 is 40.9 Å². The number of benzene rings is 4. The van der Waals surface area contributed by atoms with Gasteiger partial charge in [0.1, 0.15) is 5.75 Å². The summed E-state index contributed by atoms with van der Waals surface area (Å²) in [5.41, 5.74) is 1.26. The van der Waals surface area contributed by atoms with Gasteiger partial charge in [-0.15, -0.1) is 0 Å². The van der Waals surface area contributed by atoms with Crippen LogP contribution in [0, 0.1) is 29.5 Å². The first-order valence-corrected chi connectivity index (χ1v) is 17.0. The summed E-state index contributed by atoms with van der Waals surface area (Å²) in [4.78, 5) is 60.5. The predicted molar refractivity (Wildman–Crippen MR) is 183 cm³/mol. The molecule has 4 amide bonds. The number of anilines is 1. The van der Waals surface area contributed by atoms with E-state index in [1.165, 1.54) is 17.0 Å². The number of rotatable bonds is 6. The third kappa shape index (κ3) is 4.70. The van der Waals surface area contributed by atoms with Gasteiger partial charge in [-0.3, -0.25) is 24.1 Å². The molecule has 8 nitrogen and oxygen atoms in total. The van der Waals surface area contributed by atoms with Crippen molar-refractivity contribution in [3.05, 3.63) is 136 Å². The van der Waals surface area contributed by atoms with Crippen molar-refractivity contribution in [2.75, 3.05) is 11.4 Å². The number of carbonyl (C=O) groups excluding carboxylic acids is 4. The highest BCUT2D eigenvalue weighted by molar-refractivity contribution is 6.32. The fourth-order valence-corrected chi connectivity index (χ4v) is 9.20. The second kappa shape index (κ2) is 11.9. The van der Waals surface area contributed by atoms with Gasteiger partial charge in [-0.1, -0.05) is 77.8 Å². The molecule has 0 radical (unpaired) electrons. The van der Waals surface area contributed by atoms with Crippen LogP contribution in [-0.4, -0.2) is 45.3 Å². The van der Waals surface area contributed by atoms with Crippen LogP contribution in [0.5, 0.6) is 11.5 Å². The maximum Gasteiger partial charge on any atom is 0.246 e. The van der Waals surface area contributed by atoms with Crippen LogP contribution in [0.1, 0.15) is 35.4 Å². The SMILES string of the molecule is O=C1[C@H]2[C@H](CC=C3[C@H]2C[C@H]2C(=O)N(c4cccc(Cl)c4)C(=O)[C@@]2(c2ccccc2)[C@H]3c2ccc(O)c(F)c2)C(=O)N1CCc1ccc(O)cc1. The maximum absolute atomic E-state index is 15.2. The van der Waals surface area contributed by atoms with Gasteiger partial charge in [0.2, 0.25) is 23.6 Å². The smallest absolute Gasteiger partial charge is 0.246 e. The standard InChI is InChI=1S/C40H32ClFN2O6/c41-25-7-4-8-26(20-25)44-37(48)31-21-30-28(14-15-29-34(30)38(49)43(36(29)47)18-17-22-9-12-27(45)13-10-22)35(23-11-16-33(46)32(42)19-23)40(31,39(44)50)24-5-2-1-3-6-24/h1-14,16,19-20,29-31,34-35,45-46H,15,17-18,21H2/t29-,30+,31-,34-,35-,40+/m0/s1. The molecule has 0 unspecified atom stereocenters. The van der Waals surface area contributed by atoms with Gasteiger partial charge in [-0.05, 0) is 84.3 Å². The average molecular weight is 691 g/mol. The van der Waals surface area contributed by atoms with Gasteiger partial charge in [0.15, 0.2) is 11.6 Å². The van der Waals surface area contributed by atoms with E-state index in [2.05, 4.69) is 0 Å². The molecular formula is C40H32ClFN2O6. The van der Waals surface area contributed by atoms with Gasteiger partial charge in [0, 0.05) is 17.5 Å². The van der Waals surface area contributed by atoms with Crippen molar-refractivity contribution in [1.82, 2.24) is 4.90 Å². The third-order valence-electron chi connectivity index (χ3n) is 11.1. The van der Waals surface area contributed by atoms with E-state index >= 15 is 9.18 Å². The number of likely N-dealkylation sites (tertiary alicyclic amines) is 1. The molecule has 2 aliphatic carbocycles. The second-order valence-electron chi connectivity index (χ2n) is 13.5. The molecule has 252 valence electrons. The van der Waals surface area contributed by atoms with Crippen molar-refractivity contribution in [3.8, 4) is 11.5 Å². The Kier molecular flexibility index (Phi) is 7.64. The van der Waals surface area contributed by atoms with Crippen LogP contribution >= 0.6 is 11.6 Å². The van der Waals surface area contributed by atoms with E-state index in [1.54, 1.807) is 78.9 Å². The monoisotopic (exact) mass is 690 g/mol. The van der Waals surface area contributed by atoms with Gasteiger partial charge in [-0.25, -0.2) is 9.29 Å². The fourth-order valence-electron chi connectivity index (χ4n) is 9.01. The van der Waals surface area contributed by atoms with Crippen LogP contribution in [-0.2, 0) is 31.0 Å². The minimum atomic E-state index is -1.54. The van der Waals surface area contributed by atoms with E-state index in [0.717, 1.165) is 10.5 Å². The zero-order valence-electron chi connectivity index (χ0n) is 26.7. The van der Waals surface area contributed by atoms with E-state index in [9.17, 15) is 24.6 Å². The molecule has 2 saturated heterocycles. The fraction of sp³-hybridized carbons (Fsp3) is 0.250. The lowest BCUT2D eigenvalue weighted by molar-refractivity contribution is -0.140. The van der Waals surface area contributed by atoms with Crippen LogP contribution in [0.15, 0.2) is 109 Å². The molecule has 0 aromatic heterocycles. The van der Waals surface area contributed by atoms with Crippen molar-refractivity contribution in [2.45, 2.75) is 30.6 Å². The number of phenolic OH excluding ortho intramolecular Hbond substituents is 2. The van der Waals surface area contributed by atoms with Gasteiger partial charge in [0.05, 0.1) is 28.9 Å². The van der Waals surface area contributed by atoms with Crippen molar-refractivity contribution < 1.29 is 33.8 Å². The van der Waals surface area contributed by atoms with Gasteiger partial charge < -0.3 is 10.2 Å². The molecule has 4 aromatic carbocycles. The van der Waals surface area contributed by atoms with Crippen molar-refractivity contribution in [3.63, 3.8) is 0 Å². The summed E-state index contributed by atoms with van der Waals surface area (Å²) in [5.74, 6) is -6.79. The number of halogens is 2. The first-order valence-electron chi connectivity index (χ1n) is 16.6. The van der Waals surface area contributed by atoms with E-state index < -0.39 is 58.4 Å². The number of imide groups is 2. The van der Waals surface area contributed by atoms with Crippen LogP contribution in [0.4, 0.5) is 10.1 Å². The molecule has 3 fully saturated rings. The number of amides is 4. The zero-order chi connectivity index (χ0) is 34.9. The molecule has 2 aliphatic heterocycles. The molecule has 10 heteroatoms. The number of hydrogen-bond acceptors (Lipinski definition) is 6. The Hall–Kier alpha value is -5.28. The highest BCUT2D eigenvalue weighted by Crippen LogP contribution is 2.64. The second-order valence-corrected chi connectivity index (χ2v) is 14.0. The van der Waals surface area contributed by atoms with Crippen LogP contribution in [0.2, 0.25) is 5.02 Å². The number of allylic oxidation sites excluding steroid dienone is 2. The lowest BCUT2D eigenvalue weighted by Gasteiger charge is -2.50. The molecule has 4 aromatic rings. The number of phenols is 2. The first kappa shape index (κ1) is 32.0. The number of hydrogen-bond donors (Lipinski definition) is 2. The first-order chi connectivity index (χ1) is 24.1. The summed E-state index contributed by atoms with van der Waals surface area (Å²) in [5, 5.41) is 20.2. The highest BCUT2D eigenvalue weighted by Gasteiger charge is 2.70. The van der Waals surface area contributed by atoms with Gasteiger partial charge in [-0.2, -0.15) is 0 Å². The lowest BCUT2D eigenvalue weighted by atomic mass is 9.49. The van der Waals surface area contributed by atoms with Gasteiger partial charge in [0.25, 0.3) is 0 Å². The minimum absolute atomic E-state index is 0.116. The third-order valence-corrected chi connectivity index (χ3v) is 11.4. The zero-order valence-corrected chi connectivity index (χ0v) is 27.5. The maximum atomic E-state index is 15.2.